The first-order valence-corrected chi connectivity index (χ1v) is 13.2. The third-order valence-corrected chi connectivity index (χ3v) is 7.39. The lowest BCUT2D eigenvalue weighted by Crippen LogP contribution is -2.17. The molecular weight excluding hydrogens is 544 g/mol. The summed E-state index contributed by atoms with van der Waals surface area (Å²) in [6, 6.07) is 12.7. The van der Waals surface area contributed by atoms with Crippen molar-refractivity contribution in [2.45, 2.75) is 19.8 Å². The van der Waals surface area contributed by atoms with Gasteiger partial charge in [-0.1, -0.05) is 32.9 Å². The fourth-order valence-corrected chi connectivity index (χ4v) is 5.31. The zero-order valence-electron chi connectivity index (χ0n) is 19.3. The Morgan fingerprint density at radius 2 is 1.73 bits per heavy atom. The number of hydrogen-bond acceptors (Lipinski definition) is 12. The van der Waals surface area contributed by atoms with Gasteiger partial charge in [-0.25, -0.2) is 9.59 Å². The van der Waals surface area contributed by atoms with Gasteiger partial charge in [0.1, 0.15) is 20.9 Å². The average Bonchev–Trinajstić information content (AvgIpc) is 3.28. The normalized spacial score (nSPS) is 10.3. The van der Waals surface area contributed by atoms with Crippen LogP contribution in [-0.2, 0) is 14.4 Å². The molecule has 0 saturated carbocycles. The lowest BCUT2D eigenvalue weighted by molar-refractivity contribution is -0.757. The van der Waals surface area contributed by atoms with Crippen LogP contribution in [0.2, 0.25) is 0 Å². The van der Waals surface area contributed by atoms with E-state index in [1.807, 2.05) is 6.07 Å². The summed E-state index contributed by atoms with van der Waals surface area (Å²) in [5.74, 6) is -1.11. The zero-order valence-corrected chi connectivity index (χ0v) is 21.7. The molecule has 0 atom stereocenters. The number of nitrogens with one attached hydrogen (secondary N) is 1. The summed E-state index contributed by atoms with van der Waals surface area (Å²) >= 11 is 5.15. The molecule has 0 bridgehead atoms. The van der Waals surface area contributed by atoms with Crippen molar-refractivity contribution >= 4 is 56.6 Å². The Bertz CT molecular complexity index is 1340. The van der Waals surface area contributed by atoms with Crippen LogP contribution in [-0.4, -0.2) is 36.3 Å². The van der Waals surface area contributed by atoms with E-state index in [4.69, 9.17) is 26.4 Å². The van der Waals surface area contributed by atoms with Gasteiger partial charge in [-0.2, -0.15) is 0 Å². The van der Waals surface area contributed by atoms with Gasteiger partial charge < -0.3 is 24.4 Å². The number of carbonyl (C=O) groups excluding carboxylic acids is 3. The number of rotatable bonds is 11. The molecule has 11 nitrogen and oxygen atoms in total. The predicted molar refractivity (Wildman–Crippen MR) is 138 cm³/mol. The van der Waals surface area contributed by atoms with E-state index in [0.29, 0.717) is 6.42 Å². The SMILES string of the molecule is CC(=O)Nc1ccc(OC(=O)Oc2ccc(-c3cc(=S)ss3)cc2)c(C(=O)OCCCCO[N+](=O)[O-])c1. The van der Waals surface area contributed by atoms with E-state index in [1.54, 1.807) is 34.6 Å². The summed E-state index contributed by atoms with van der Waals surface area (Å²) in [4.78, 5) is 51.8. The number of hydrogen-bond donors (Lipinski definition) is 1. The molecule has 1 amide bonds. The first kappa shape index (κ1) is 27.7. The van der Waals surface area contributed by atoms with Gasteiger partial charge in [-0.15, -0.1) is 10.1 Å². The molecule has 3 rings (SSSR count). The molecule has 0 aliphatic heterocycles. The second kappa shape index (κ2) is 13.4. The molecule has 0 saturated heterocycles. The molecule has 1 heterocycles. The Morgan fingerprint density at radius 3 is 2.38 bits per heavy atom. The third-order valence-electron chi connectivity index (χ3n) is 4.48. The van der Waals surface area contributed by atoms with Crippen LogP contribution in [0.15, 0.2) is 48.5 Å². The van der Waals surface area contributed by atoms with Crippen molar-refractivity contribution in [1.82, 2.24) is 0 Å². The number of nitrogens with zero attached hydrogens (tertiary/aromatic N) is 1. The van der Waals surface area contributed by atoms with Gasteiger partial charge in [0.05, 0.1) is 13.2 Å². The number of benzene rings is 2. The average molecular weight is 565 g/mol. The number of amides is 1. The van der Waals surface area contributed by atoms with Crippen molar-refractivity contribution < 1.29 is 38.5 Å². The van der Waals surface area contributed by atoms with Gasteiger partial charge in [-0.3, -0.25) is 4.79 Å². The third kappa shape index (κ3) is 8.93. The summed E-state index contributed by atoms with van der Waals surface area (Å²) in [5, 5.41) is 11.8. The summed E-state index contributed by atoms with van der Waals surface area (Å²) < 4.78 is 16.4. The van der Waals surface area contributed by atoms with Gasteiger partial charge in [0.2, 0.25) is 5.91 Å². The summed E-state index contributed by atoms with van der Waals surface area (Å²) in [5.41, 5.74) is 1.08. The summed E-state index contributed by atoms with van der Waals surface area (Å²) in [6.45, 7) is 1.11. The van der Waals surface area contributed by atoms with E-state index >= 15 is 0 Å². The maximum Gasteiger partial charge on any atom is 0.519 e. The highest BCUT2D eigenvalue weighted by atomic mass is 32.9. The number of esters is 1. The maximum absolute atomic E-state index is 12.6. The van der Waals surface area contributed by atoms with Crippen molar-refractivity contribution in [2.75, 3.05) is 18.5 Å². The highest BCUT2D eigenvalue weighted by molar-refractivity contribution is 7.80. The standard InChI is InChI=1S/C23H20N2O9S3/c1-14(26)24-16-6-9-19(18(12-16)22(27)31-10-2-3-11-32-25(29)30)34-23(28)33-17-7-4-15(5-8-17)20-13-21(35)37-36-20/h4-9,12-13H,2-3,10-11H2,1H3,(H,24,26). The smallest absolute Gasteiger partial charge is 0.462 e. The number of carbonyl (C=O) groups is 3. The Morgan fingerprint density at radius 1 is 1.00 bits per heavy atom. The quantitative estimate of drug-likeness (QED) is 0.0569. The molecule has 37 heavy (non-hydrogen) atoms. The lowest BCUT2D eigenvalue weighted by Gasteiger charge is -2.12. The van der Waals surface area contributed by atoms with Crippen LogP contribution in [0.4, 0.5) is 10.5 Å². The largest absolute Gasteiger partial charge is 0.519 e. The van der Waals surface area contributed by atoms with Crippen LogP contribution in [0.5, 0.6) is 11.5 Å². The maximum atomic E-state index is 12.6. The molecule has 0 unspecified atom stereocenters. The van der Waals surface area contributed by atoms with Crippen LogP contribution in [0.1, 0.15) is 30.1 Å². The van der Waals surface area contributed by atoms with E-state index in [2.05, 4.69) is 10.2 Å². The van der Waals surface area contributed by atoms with Gasteiger partial charge in [-0.05, 0) is 66.9 Å². The topological polar surface area (TPSA) is 143 Å². The van der Waals surface area contributed by atoms with Crippen molar-refractivity contribution in [3.8, 4) is 21.9 Å². The number of unbranched alkanes of at least 4 members (excludes halogenated alkanes) is 1. The van der Waals surface area contributed by atoms with E-state index in [1.165, 1.54) is 35.5 Å². The number of anilines is 1. The molecule has 194 valence electrons. The van der Waals surface area contributed by atoms with E-state index < -0.39 is 17.2 Å². The van der Waals surface area contributed by atoms with Crippen molar-refractivity contribution in [2.24, 2.45) is 0 Å². The Hall–Kier alpha value is -3.88. The lowest BCUT2D eigenvalue weighted by atomic mass is 10.1. The summed E-state index contributed by atoms with van der Waals surface area (Å²) in [6.07, 6.45) is -0.493. The molecule has 1 N–H and O–H groups in total. The second-order valence-electron chi connectivity index (χ2n) is 7.26. The summed E-state index contributed by atoms with van der Waals surface area (Å²) in [7, 11) is 3.04. The molecule has 0 aliphatic carbocycles. The van der Waals surface area contributed by atoms with Gasteiger partial charge in [0, 0.05) is 17.5 Å². The fourth-order valence-electron chi connectivity index (χ4n) is 2.91. The van der Waals surface area contributed by atoms with Gasteiger partial charge in [0.15, 0.2) is 0 Å². The predicted octanol–water partition coefficient (Wildman–Crippen LogP) is 5.89. The van der Waals surface area contributed by atoms with Gasteiger partial charge >= 0.3 is 12.1 Å². The molecule has 0 aliphatic rings. The van der Waals surface area contributed by atoms with Crippen LogP contribution in [0.3, 0.4) is 0 Å². The van der Waals surface area contributed by atoms with Crippen molar-refractivity contribution in [3.05, 3.63) is 68.0 Å². The Balaban J connectivity index is 1.65. The minimum atomic E-state index is -1.09. The molecule has 0 radical (unpaired) electrons. The fraction of sp³-hybridized carbons (Fsp3) is 0.217. The molecule has 1 aromatic heterocycles. The molecule has 0 fully saturated rings. The highest BCUT2D eigenvalue weighted by Gasteiger charge is 2.19. The van der Waals surface area contributed by atoms with Gasteiger partial charge in [0.25, 0.3) is 5.09 Å². The molecule has 3 aromatic rings. The van der Waals surface area contributed by atoms with Crippen LogP contribution in [0.25, 0.3) is 10.4 Å². The Kier molecular flexibility index (Phi) is 10.1. The highest BCUT2D eigenvalue weighted by Crippen LogP contribution is 2.31. The number of ether oxygens (including phenoxy) is 3. The van der Waals surface area contributed by atoms with Crippen LogP contribution < -0.4 is 14.8 Å². The van der Waals surface area contributed by atoms with Crippen molar-refractivity contribution in [3.63, 3.8) is 0 Å². The first-order chi connectivity index (χ1) is 17.7. The molecular formula is C23H20N2O9S3. The van der Waals surface area contributed by atoms with E-state index in [9.17, 15) is 24.5 Å². The molecule has 14 heteroatoms. The second-order valence-corrected chi connectivity index (χ2v) is 10.2. The van der Waals surface area contributed by atoms with E-state index in [-0.39, 0.29) is 48.3 Å². The van der Waals surface area contributed by atoms with Crippen molar-refractivity contribution in [1.29, 1.82) is 0 Å². The minimum Gasteiger partial charge on any atom is -0.462 e. The molecule has 0 spiro atoms. The Labute approximate surface area is 223 Å². The van der Waals surface area contributed by atoms with E-state index in [0.717, 1.165) is 14.3 Å². The van der Waals surface area contributed by atoms with Crippen LogP contribution >= 0.6 is 32.9 Å². The zero-order chi connectivity index (χ0) is 26.8. The monoisotopic (exact) mass is 564 g/mol. The van der Waals surface area contributed by atoms with Crippen LogP contribution in [0, 0.1) is 13.9 Å². The first-order valence-electron chi connectivity index (χ1n) is 10.7. The minimum absolute atomic E-state index is 0.0571. The molecule has 2 aromatic carbocycles.